The normalized spacial score (nSPS) is 18.0. The van der Waals surface area contributed by atoms with Gasteiger partial charge in [-0.1, -0.05) is 31.4 Å². The molecule has 0 spiro atoms. The molecule has 0 saturated heterocycles. The first-order valence-corrected chi connectivity index (χ1v) is 7.75. The Morgan fingerprint density at radius 2 is 1.86 bits per heavy atom. The van der Waals surface area contributed by atoms with Gasteiger partial charge in [0.1, 0.15) is 5.75 Å². The van der Waals surface area contributed by atoms with Crippen LogP contribution in [0.15, 0.2) is 24.3 Å². The molecule has 0 radical (unpaired) electrons. The van der Waals surface area contributed by atoms with Crippen LogP contribution in [0.25, 0.3) is 0 Å². The van der Waals surface area contributed by atoms with Gasteiger partial charge in [-0.15, -0.1) is 12.4 Å². The highest BCUT2D eigenvalue weighted by Crippen LogP contribution is 2.39. The Labute approximate surface area is 139 Å². The van der Waals surface area contributed by atoms with Crippen molar-refractivity contribution in [1.82, 2.24) is 5.32 Å². The minimum atomic E-state index is -0.457. The van der Waals surface area contributed by atoms with Crippen molar-refractivity contribution in [3.63, 3.8) is 0 Å². The Kier molecular flexibility index (Phi) is 7.17. The molecule has 0 unspecified atom stereocenters. The largest absolute Gasteiger partial charge is 0.497 e. The predicted molar refractivity (Wildman–Crippen MR) is 91.7 cm³/mol. The van der Waals surface area contributed by atoms with Crippen LogP contribution in [0.4, 0.5) is 0 Å². The summed E-state index contributed by atoms with van der Waals surface area (Å²) >= 11 is 0. The summed E-state index contributed by atoms with van der Waals surface area (Å²) in [5.74, 6) is 0.790. The fourth-order valence-electron chi connectivity index (χ4n) is 3.16. The maximum Gasteiger partial charge on any atom is 0.236 e. The van der Waals surface area contributed by atoms with Gasteiger partial charge in [-0.05, 0) is 37.5 Å². The number of methoxy groups -OCH3 is 1. The number of nitrogens with one attached hydrogen (secondary N) is 1. The van der Waals surface area contributed by atoms with Crippen LogP contribution in [0.3, 0.4) is 0 Å². The molecule has 22 heavy (non-hydrogen) atoms. The lowest BCUT2D eigenvalue weighted by atomic mass is 9.69. The van der Waals surface area contributed by atoms with Crippen LogP contribution in [0.5, 0.6) is 5.75 Å². The molecule has 2 rings (SSSR count). The van der Waals surface area contributed by atoms with E-state index < -0.39 is 6.04 Å². The molecule has 1 saturated carbocycles. The average molecular weight is 327 g/mol. The molecule has 1 aromatic rings. The Morgan fingerprint density at radius 1 is 1.27 bits per heavy atom. The van der Waals surface area contributed by atoms with Crippen molar-refractivity contribution >= 4 is 18.3 Å². The minimum absolute atomic E-state index is 0. The summed E-state index contributed by atoms with van der Waals surface area (Å²) in [6.45, 7) is 2.38. The van der Waals surface area contributed by atoms with E-state index in [1.54, 1.807) is 14.0 Å². The van der Waals surface area contributed by atoms with Crippen molar-refractivity contribution in [2.24, 2.45) is 5.73 Å². The Bertz CT molecular complexity index is 468. The van der Waals surface area contributed by atoms with E-state index in [1.165, 1.54) is 24.8 Å². The first kappa shape index (κ1) is 18.8. The van der Waals surface area contributed by atoms with Gasteiger partial charge >= 0.3 is 0 Å². The molecule has 0 bridgehead atoms. The van der Waals surface area contributed by atoms with Crippen molar-refractivity contribution in [3.8, 4) is 5.75 Å². The SMILES string of the molecule is COc1ccc(C2(CNC(=O)[C@H](C)N)CCCCC2)cc1.Cl. The van der Waals surface area contributed by atoms with Gasteiger partial charge in [0.15, 0.2) is 0 Å². The van der Waals surface area contributed by atoms with Crippen LogP contribution >= 0.6 is 12.4 Å². The van der Waals surface area contributed by atoms with E-state index >= 15 is 0 Å². The van der Waals surface area contributed by atoms with E-state index in [0.29, 0.717) is 6.54 Å². The lowest BCUT2D eigenvalue weighted by Crippen LogP contribution is -2.46. The number of carbonyl (C=O) groups is 1. The molecule has 1 atom stereocenters. The maximum absolute atomic E-state index is 11.8. The Hall–Kier alpha value is -1.26. The highest BCUT2D eigenvalue weighted by atomic mass is 35.5. The standard InChI is InChI=1S/C17H26N2O2.ClH/c1-13(18)16(20)19-12-17(10-4-3-5-11-17)14-6-8-15(21-2)9-7-14;/h6-9,13H,3-5,10-12,18H2,1-2H3,(H,19,20);1H/t13-;/m0./s1. The van der Waals surface area contributed by atoms with Gasteiger partial charge in [-0.25, -0.2) is 0 Å². The van der Waals surface area contributed by atoms with E-state index in [9.17, 15) is 4.79 Å². The third-order valence-electron chi connectivity index (χ3n) is 4.53. The lowest BCUT2D eigenvalue weighted by molar-refractivity contribution is -0.122. The molecule has 124 valence electrons. The summed E-state index contributed by atoms with van der Waals surface area (Å²) < 4.78 is 5.23. The van der Waals surface area contributed by atoms with E-state index in [4.69, 9.17) is 10.5 Å². The molecule has 5 heteroatoms. The number of hydrogen-bond acceptors (Lipinski definition) is 3. The summed E-state index contributed by atoms with van der Waals surface area (Å²) in [5, 5.41) is 3.02. The van der Waals surface area contributed by atoms with Gasteiger partial charge in [0.05, 0.1) is 13.2 Å². The molecule has 0 aromatic heterocycles. The zero-order chi connectivity index (χ0) is 15.3. The summed E-state index contributed by atoms with van der Waals surface area (Å²) in [6.07, 6.45) is 5.91. The minimum Gasteiger partial charge on any atom is -0.497 e. The van der Waals surface area contributed by atoms with Crippen LogP contribution in [0, 0.1) is 0 Å². The zero-order valence-corrected chi connectivity index (χ0v) is 14.2. The van der Waals surface area contributed by atoms with Crippen molar-refractivity contribution in [2.75, 3.05) is 13.7 Å². The lowest BCUT2D eigenvalue weighted by Gasteiger charge is -2.38. The Balaban J connectivity index is 0.00000242. The second-order valence-corrected chi connectivity index (χ2v) is 6.08. The number of rotatable bonds is 5. The number of ether oxygens (including phenoxy) is 1. The smallest absolute Gasteiger partial charge is 0.236 e. The fraction of sp³-hybridized carbons (Fsp3) is 0.588. The van der Waals surface area contributed by atoms with Crippen LogP contribution < -0.4 is 15.8 Å². The summed E-state index contributed by atoms with van der Waals surface area (Å²) in [5.41, 5.74) is 6.96. The van der Waals surface area contributed by atoms with E-state index in [-0.39, 0.29) is 23.7 Å². The fourth-order valence-corrected chi connectivity index (χ4v) is 3.16. The maximum atomic E-state index is 11.8. The van der Waals surface area contributed by atoms with E-state index in [2.05, 4.69) is 17.4 Å². The summed E-state index contributed by atoms with van der Waals surface area (Å²) in [7, 11) is 1.67. The van der Waals surface area contributed by atoms with Crippen molar-refractivity contribution in [3.05, 3.63) is 29.8 Å². The summed E-state index contributed by atoms with van der Waals surface area (Å²) in [4.78, 5) is 11.8. The van der Waals surface area contributed by atoms with Gasteiger partial charge in [0.2, 0.25) is 5.91 Å². The van der Waals surface area contributed by atoms with Gasteiger partial charge in [-0.3, -0.25) is 4.79 Å². The molecule has 1 aliphatic carbocycles. The molecular weight excluding hydrogens is 300 g/mol. The zero-order valence-electron chi connectivity index (χ0n) is 13.4. The number of halogens is 1. The third kappa shape index (κ3) is 4.37. The topological polar surface area (TPSA) is 64.3 Å². The number of amides is 1. The first-order chi connectivity index (χ1) is 10.1. The van der Waals surface area contributed by atoms with Crippen LogP contribution in [0.2, 0.25) is 0 Å². The molecule has 1 aliphatic rings. The van der Waals surface area contributed by atoms with Gasteiger partial charge < -0.3 is 15.8 Å². The van der Waals surface area contributed by atoms with E-state index in [1.807, 2.05) is 12.1 Å². The van der Waals surface area contributed by atoms with Gasteiger partial charge in [0.25, 0.3) is 0 Å². The average Bonchev–Trinajstić information content (AvgIpc) is 2.53. The number of carbonyl (C=O) groups excluding carboxylic acids is 1. The molecular formula is C17H27ClN2O2. The molecule has 0 aliphatic heterocycles. The van der Waals surface area contributed by atoms with Crippen molar-refractivity contribution in [1.29, 1.82) is 0 Å². The quantitative estimate of drug-likeness (QED) is 0.874. The number of hydrogen-bond donors (Lipinski definition) is 2. The van der Waals surface area contributed by atoms with Crippen molar-refractivity contribution < 1.29 is 9.53 Å². The highest BCUT2D eigenvalue weighted by Gasteiger charge is 2.34. The van der Waals surface area contributed by atoms with E-state index in [0.717, 1.165) is 18.6 Å². The molecule has 1 amide bonds. The number of benzene rings is 1. The highest BCUT2D eigenvalue weighted by molar-refractivity contribution is 5.85. The Morgan fingerprint density at radius 3 is 2.36 bits per heavy atom. The third-order valence-corrected chi connectivity index (χ3v) is 4.53. The first-order valence-electron chi connectivity index (χ1n) is 7.75. The van der Waals surface area contributed by atoms with Crippen molar-refractivity contribution in [2.45, 2.75) is 50.5 Å². The van der Waals surface area contributed by atoms with Gasteiger partial charge in [-0.2, -0.15) is 0 Å². The monoisotopic (exact) mass is 326 g/mol. The molecule has 4 nitrogen and oxygen atoms in total. The molecule has 1 aromatic carbocycles. The second kappa shape index (κ2) is 8.39. The molecule has 1 fully saturated rings. The number of nitrogens with two attached hydrogens (primary N) is 1. The van der Waals surface area contributed by atoms with Gasteiger partial charge in [0, 0.05) is 12.0 Å². The van der Waals surface area contributed by atoms with Crippen LogP contribution in [0.1, 0.15) is 44.6 Å². The molecule has 3 N–H and O–H groups in total. The second-order valence-electron chi connectivity index (χ2n) is 6.08. The van der Waals surface area contributed by atoms with Crippen LogP contribution in [-0.2, 0) is 10.2 Å². The molecule has 0 heterocycles. The predicted octanol–water partition coefficient (Wildman–Crippen LogP) is 2.78. The summed E-state index contributed by atoms with van der Waals surface area (Å²) in [6, 6.07) is 7.80. The van der Waals surface area contributed by atoms with Crippen LogP contribution in [-0.4, -0.2) is 25.6 Å².